The fourth-order valence-electron chi connectivity index (χ4n) is 2.77. The van der Waals surface area contributed by atoms with Gasteiger partial charge >= 0.3 is 0 Å². The molecule has 2 rings (SSSR count). The van der Waals surface area contributed by atoms with Gasteiger partial charge in [-0.3, -0.25) is 19.7 Å². The van der Waals surface area contributed by atoms with Gasteiger partial charge in [0, 0.05) is 25.5 Å². The van der Waals surface area contributed by atoms with Crippen molar-refractivity contribution in [2.75, 3.05) is 20.1 Å². The molecule has 0 unspecified atom stereocenters. The van der Waals surface area contributed by atoms with Gasteiger partial charge in [-0.05, 0) is 25.8 Å². The van der Waals surface area contributed by atoms with Gasteiger partial charge in [-0.25, -0.2) is 0 Å². The third-order valence-corrected chi connectivity index (χ3v) is 4.00. The van der Waals surface area contributed by atoms with Crippen molar-refractivity contribution in [3.63, 3.8) is 0 Å². The van der Waals surface area contributed by atoms with Crippen molar-refractivity contribution in [3.05, 3.63) is 24.3 Å². The van der Waals surface area contributed by atoms with Crippen LogP contribution in [0.3, 0.4) is 0 Å². The normalized spacial score (nSPS) is 19.8. The molecular formula is C15H24N4O. The highest BCUT2D eigenvalue weighted by Crippen LogP contribution is 2.19. The van der Waals surface area contributed by atoms with Crippen LogP contribution in [-0.2, 0) is 11.3 Å². The Hall–Kier alpha value is -1.49. The Labute approximate surface area is 121 Å². The number of carbonyl (C=O) groups is 1. The lowest BCUT2D eigenvalue weighted by Crippen LogP contribution is -2.45. The van der Waals surface area contributed by atoms with E-state index >= 15 is 0 Å². The summed E-state index contributed by atoms with van der Waals surface area (Å²) in [6.07, 6.45) is 9.85. The number of hydrogen-bond donors (Lipinski definition) is 0. The Morgan fingerprint density at radius 1 is 1.45 bits per heavy atom. The van der Waals surface area contributed by atoms with Crippen molar-refractivity contribution in [1.29, 1.82) is 0 Å². The molecule has 1 aliphatic rings. The standard InChI is InChI=1S/C15H24N4O/c1-3-14-6-4-5-9-19(14)12-15(20)18(2)11-13-10-16-7-8-17-13/h7-8,10,14H,3-6,9,11-12H2,1-2H3/t14-/m1/s1. The molecule has 0 aliphatic carbocycles. The average Bonchev–Trinajstić information content (AvgIpc) is 2.48. The van der Waals surface area contributed by atoms with Crippen LogP contribution >= 0.6 is 0 Å². The molecule has 1 aromatic rings. The van der Waals surface area contributed by atoms with Crippen LogP contribution < -0.4 is 0 Å². The maximum Gasteiger partial charge on any atom is 0.236 e. The van der Waals surface area contributed by atoms with E-state index < -0.39 is 0 Å². The zero-order valence-corrected chi connectivity index (χ0v) is 12.5. The van der Waals surface area contributed by atoms with Crippen LogP contribution in [0, 0.1) is 0 Å². The Morgan fingerprint density at radius 3 is 3.00 bits per heavy atom. The first-order valence-electron chi connectivity index (χ1n) is 7.43. The predicted molar refractivity (Wildman–Crippen MR) is 78.0 cm³/mol. The summed E-state index contributed by atoms with van der Waals surface area (Å²) in [5.74, 6) is 0.163. The molecule has 1 amide bonds. The summed E-state index contributed by atoms with van der Waals surface area (Å²) in [5, 5.41) is 0. The Bertz CT molecular complexity index is 423. The van der Waals surface area contributed by atoms with Crippen LogP contribution in [0.15, 0.2) is 18.6 Å². The molecule has 0 radical (unpaired) electrons. The van der Waals surface area contributed by atoms with Crippen LogP contribution in [0.2, 0.25) is 0 Å². The van der Waals surface area contributed by atoms with Gasteiger partial charge in [0.05, 0.1) is 25.0 Å². The quantitative estimate of drug-likeness (QED) is 0.821. The summed E-state index contributed by atoms with van der Waals surface area (Å²) in [6.45, 7) is 4.30. The molecular weight excluding hydrogens is 252 g/mol. The smallest absolute Gasteiger partial charge is 0.236 e. The highest BCUT2D eigenvalue weighted by atomic mass is 16.2. The molecule has 0 spiro atoms. The number of piperidine rings is 1. The van der Waals surface area contributed by atoms with Crippen molar-refractivity contribution < 1.29 is 4.79 Å². The molecule has 110 valence electrons. The summed E-state index contributed by atoms with van der Waals surface area (Å²) in [7, 11) is 1.84. The summed E-state index contributed by atoms with van der Waals surface area (Å²) in [4.78, 5) is 24.6. The molecule has 1 atom stereocenters. The lowest BCUT2D eigenvalue weighted by molar-refractivity contribution is -0.132. The summed E-state index contributed by atoms with van der Waals surface area (Å²) in [6, 6.07) is 0.567. The molecule has 1 fully saturated rings. The number of rotatable bonds is 5. The maximum absolute atomic E-state index is 12.3. The third-order valence-electron chi connectivity index (χ3n) is 4.00. The minimum absolute atomic E-state index is 0.163. The maximum atomic E-state index is 12.3. The van der Waals surface area contributed by atoms with Crippen LogP contribution in [0.1, 0.15) is 38.3 Å². The minimum Gasteiger partial charge on any atom is -0.339 e. The van der Waals surface area contributed by atoms with E-state index in [1.807, 2.05) is 7.05 Å². The van der Waals surface area contributed by atoms with Crippen molar-refractivity contribution in [1.82, 2.24) is 19.8 Å². The van der Waals surface area contributed by atoms with E-state index in [0.717, 1.165) is 18.7 Å². The SMILES string of the molecule is CC[C@@H]1CCCCN1CC(=O)N(C)Cc1cnccn1. The highest BCUT2D eigenvalue weighted by molar-refractivity contribution is 5.78. The van der Waals surface area contributed by atoms with Crippen molar-refractivity contribution in [2.24, 2.45) is 0 Å². The number of hydrogen-bond acceptors (Lipinski definition) is 4. The van der Waals surface area contributed by atoms with Gasteiger partial charge in [0.2, 0.25) is 5.91 Å². The lowest BCUT2D eigenvalue weighted by Gasteiger charge is -2.35. The van der Waals surface area contributed by atoms with E-state index in [-0.39, 0.29) is 5.91 Å². The fraction of sp³-hybridized carbons (Fsp3) is 0.667. The van der Waals surface area contributed by atoms with Gasteiger partial charge in [0.15, 0.2) is 0 Å². The van der Waals surface area contributed by atoms with Crippen LogP contribution in [-0.4, -0.2) is 51.9 Å². The molecule has 1 saturated heterocycles. The van der Waals surface area contributed by atoms with Crippen molar-refractivity contribution >= 4 is 5.91 Å². The number of nitrogens with zero attached hydrogens (tertiary/aromatic N) is 4. The summed E-state index contributed by atoms with van der Waals surface area (Å²) < 4.78 is 0. The van der Waals surface area contributed by atoms with Gasteiger partial charge in [0.25, 0.3) is 0 Å². The Morgan fingerprint density at radius 2 is 2.30 bits per heavy atom. The third kappa shape index (κ3) is 4.00. The van der Waals surface area contributed by atoms with E-state index in [9.17, 15) is 4.79 Å². The summed E-state index contributed by atoms with van der Waals surface area (Å²) >= 11 is 0. The summed E-state index contributed by atoms with van der Waals surface area (Å²) in [5.41, 5.74) is 0.828. The first kappa shape index (κ1) is 14.9. The highest BCUT2D eigenvalue weighted by Gasteiger charge is 2.24. The van der Waals surface area contributed by atoms with E-state index in [0.29, 0.717) is 19.1 Å². The van der Waals surface area contributed by atoms with Crippen LogP contribution in [0.4, 0.5) is 0 Å². The van der Waals surface area contributed by atoms with Gasteiger partial charge in [-0.15, -0.1) is 0 Å². The van der Waals surface area contributed by atoms with Crippen molar-refractivity contribution in [3.8, 4) is 0 Å². The number of aromatic nitrogens is 2. The number of carbonyl (C=O) groups excluding carboxylic acids is 1. The van der Waals surface area contributed by atoms with Crippen LogP contribution in [0.25, 0.3) is 0 Å². The second kappa shape index (κ2) is 7.33. The molecule has 1 aromatic heterocycles. The molecule has 5 nitrogen and oxygen atoms in total. The average molecular weight is 276 g/mol. The van der Waals surface area contributed by atoms with E-state index in [4.69, 9.17) is 0 Å². The zero-order chi connectivity index (χ0) is 14.4. The zero-order valence-electron chi connectivity index (χ0n) is 12.5. The number of likely N-dealkylation sites (N-methyl/N-ethyl adjacent to an activating group) is 1. The molecule has 0 saturated carbocycles. The Kier molecular flexibility index (Phi) is 5.47. The fourth-order valence-corrected chi connectivity index (χ4v) is 2.77. The monoisotopic (exact) mass is 276 g/mol. The molecule has 1 aliphatic heterocycles. The molecule has 2 heterocycles. The number of amides is 1. The van der Waals surface area contributed by atoms with Crippen LogP contribution in [0.5, 0.6) is 0 Å². The van der Waals surface area contributed by atoms with E-state index in [1.165, 1.54) is 19.3 Å². The van der Waals surface area contributed by atoms with E-state index in [2.05, 4.69) is 21.8 Å². The van der Waals surface area contributed by atoms with Gasteiger partial charge < -0.3 is 4.90 Å². The largest absolute Gasteiger partial charge is 0.339 e. The molecule has 0 bridgehead atoms. The first-order valence-corrected chi connectivity index (χ1v) is 7.43. The number of likely N-dealkylation sites (tertiary alicyclic amines) is 1. The topological polar surface area (TPSA) is 49.3 Å². The van der Waals surface area contributed by atoms with E-state index in [1.54, 1.807) is 23.5 Å². The second-order valence-corrected chi connectivity index (χ2v) is 5.47. The molecule has 20 heavy (non-hydrogen) atoms. The van der Waals surface area contributed by atoms with Gasteiger partial charge in [-0.2, -0.15) is 0 Å². The van der Waals surface area contributed by atoms with Crippen molar-refractivity contribution in [2.45, 2.75) is 45.2 Å². The second-order valence-electron chi connectivity index (χ2n) is 5.47. The Balaban J connectivity index is 1.87. The lowest BCUT2D eigenvalue weighted by atomic mass is 10.00. The molecule has 5 heteroatoms. The molecule has 0 aromatic carbocycles. The van der Waals surface area contributed by atoms with Gasteiger partial charge in [-0.1, -0.05) is 13.3 Å². The predicted octanol–water partition coefficient (Wildman–Crippen LogP) is 1.70. The molecule has 0 N–H and O–H groups in total. The minimum atomic E-state index is 0.163. The first-order chi connectivity index (χ1) is 9.70. The van der Waals surface area contributed by atoms with Gasteiger partial charge in [0.1, 0.15) is 0 Å².